The van der Waals surface area contributed by atoms with Crippen molar-refractivity contribution in [3.8, 4) is 0 Å². The van der Waals surface area contributed by atoms with E-state index in [9.17, 15) is 4.79 Å². The highest BCUT2D eigenvalue weighted by atomic mass is 16.6. The Kier molecular flexibility index (Phi) is 3.02. The average Bonchev–Trinajstić information content (AvgIpc) is 2.56. The molecule has 2 aliphatic heterocycles. The van der Waals surface area contributed by atoms with Gasteiger partial charge < -0.3 is 4.74 Å². The molecule has 0 spiro atoms. The monoisotopic (exact) mass is 285 g/mol. The summed E-state index contributed by atoms with van der Waals surface area (Å²) in [5.74, 6) is -0.154. The summed E-state index contributed by atoms with van der Waals surface area (Å²) < 4.78 is 6.06. The molecule has 4 heteroatoms. The van der Waals surface area contributed by atoms with Crippen LogP contribution in [0, 0.1) is 0 Å². The molecule has 0 fully saturated rings. The minimum absolute atomic E-state index is 0.154. The first-order valence-corrected chi connectivity index (χ1v) is 7.23. The van der Waals surface area contributed by atoms with Crippen molar-refractivity contribution in [2.24, 2.45) is 4.99 Å². The second kappa shape index (κ2) is 4.53. The molecule has 0 saturated heterocycles. The smallest absolute Gasteiger partial charge is 0.366 e. The largest absolute Gasteiger partial charge is 0.456 e. The fourth-order valence-electron chi connectivity index (χ4n) is 3.17. The van der Waals surface area contributed by atoms with Crippen LogP contribution in [0.3, 0.4) is 0 Å². The maximum atomic E-state index is 12.6. The van der Waals surface area contributed by atoms with Crippen LogP contribution in [0.1, 0.15) is 31.9 Å². The van der Waals surface area contributed by atoms with E-state index in [0.29, 0.717) is 10.9 Å². The van der Waals surface area contributed by atoms with E-state index >= 15 is 0 Å². The van der Waals surface area contributed by atoms with E-state index in [4.69, 9.17) is 4.74 Å². The van der Waals surface area contributed by atoms with E-state index in [2.05, 4.69) is 18.1 Å². The molecule has 1 aromatic rings. The quantitative estimate of drug-likeness (QED) is 0.588. The predicted molar refractivity (Wildman–Crippen MR) is 84.2 cm³/mol. The molecule has 0 aromatic heterocycles. The van der Waals surface area contributed by atoms with Crippen molar-refractivity contribution in [3.63, 3.8) is 0 Å². The first-order chi connectivity index (χ1) is 9.81. The number of ether oxygens (including phenoxy) is 1. The van der Waals surface area contributed by atoms with Gasteiger partial charge in [0.05, 0.1) is 18.8 Å². The van der Waals surface area contributed by atoms with E-state index in [-0.39, 0.29) is 12.0 Å². The number of hydrogen-bond donors (Lipinski definition) is 0. The number of aliphatic imine (C=N–C) groups is 1. The molecule has 0 aliphatic carbocycles. The number of quaternary nitrogens is 1. The summed E-state index contributed by atoms with van der Waals surface area (Å²) in [6.45, 7) is 5.71. The van der Waals surface area contributed by atoms with E-state index < -0.39 is 5.60 Å². The van der Waals surface area contributed by atoms with E-state index in [1.807, 2.05) is 45.3 Å². The SMILES string of the molecule is CC(C)(C)OC(=O)C1Cc2cccc3c2[N@@+]1(C)C=CN=C3. The summed E-state index contributed by atoms with van der Waals surface area (Å²) >= 11 is 0. The van der Waals surface area contributed by atoms with Gasteiger partial charge in [-0.1, -0.05) is 12.1 Å². The highest BCUT2D eigenvalue weighted by molar-refractivity contribution is 5.93. The molecule has 1 unspecified atom stereocenters. The van der Waals surface area contributed by atoms with Crippen molar-refractivity contribution in [3.05, 3.63) is 41.7 Å². The summed E-state index contributed by atoms with van der Waals surface area (Å²) in [5.41, 5.74) is 2.96. The lowest BCUT2D eigenvalue weighted by molar-refractivity contribution is -0.159. The zero-order valence-corrected chi connectivity index (χ0v) is 13.0. The molecule has 2 atom stereocenters. The maximum Gasteiger partial charge on any atom is 0.366 e. The zero-order chi connectivity index (χ0) is 15.3. The van der Waals surface area contributed by atoms with Crippen LogP contribution in [0.4, 0.5) is 5.69 Å². The average molecular weight is 285 g/mol. The van der Waals surface area contributed by atoms with Crippen molar-refractivity contribution in [2.75, 3.05) is 7.05 Å². The van der Waals surface area contributed by atoms with Gasteiger partial charge in [0.25, 0.3) is 0 Å². The summed E-state index contributed by atoms with van der Waals surface area (Å²) in [5, 5.41) is 0. The Balaban J connectivity index is 2.05. The van der Waals surface area contributed by atoms with E-state index in [0.717, 1.165) is 11.3 Å². The van der Waals surface area contributed by atoms with Gasteiger partial charge in [-0.15, -0.1) is 0 Å². The van der Waals surface area contributed by atoms with Crippen molar-refractivity contribution >= 4 is 17.9 Å². The van der Waals surface area contributed by atoms with Gasteiger partial charge in [0.1, 0.15) is 17.5 Å². The molecule has 1 aromatic carbocycles. The molecule has 0 radical (unpaired) electrons. The molecule has 0 saturated carbocycles. The molecule has 110 valence electrons. The molecule has 0 amide bonds. The van der Waals surface area contributed by atoms with Crippen LogP contribution >= 0.6 is 0 Å². The van der Waals surface area contributed by atoms with Crippen LogP contribution in [0.25, 0.3) is 0 Å². The third-order valence-corrected chi connectivity index (χ3v) is 4.05. The van der Waals surface area contributed by atoms with Crippen LogP contribution in [0.2, 0.25) is 0 Å². The van der Waals surface area contributed by atoms with Gasteiger partial charge in [-0.2, -0.15) is 0 Å². The number of esters is 1. The van der Waals surface area contributed by atoms with Crippen LogP contribution < -0.4 is 4.48 Å². The molecule has 21 heavy (non-hydrogen) atoms. The Labute approximate surface area is 125 Å². The molecule has 2 aliphatic rings. The van der Waals surface area contributed by atoms with Crippen LogP contribution in [0.15, 0.2) is 35.6 Å². The Bertz CT molecular complexity index is 655. The molecule has 2 heterocycles. The number of rotatable bonds is 1. The Morgan fingerprint density at radius 2 is 2.14 bits per heavy atom. The minimum Gasteiger partial charge on any atom is -0.456 e. The van der Waals surface area contributed by atoms with Gasteiger partial charge in [0, 0.05) is 18.2 Å². The minimum atomic E-state index is -0.472. The second-order valence-corrected chi connectivity index (χ2v) is 6.83. The summed E-state index contributed by atoms with van der Waals surface area (Å²) in [4.78, 5) is 16.9. The third-order valence-electron chi connectivity index (χ3n) is 4.05. The van der Waals surface area contributed by atoms with E-state index in [1.165, 1.54) is 5.56 Å². The summed E-state index contributed by atoms with van der Waals surface area (Å²) in [6.07, 6.45) is 6.31. The fraction of sp³-hybridized carbons (Fsp3) is 0.412. The molecular formula is C17H21N2O2+. The summed E-state index contributed by atoms with van der Waals surface area (Å²) in [6, 6.07) is 5.90. The van der Waals surface area contributed by atoms with Gasteiger partial charge in [-0.05, 0) is 26.8 Å². The number of para-hydroxylation sites is 1. The first-order valence-electron chi connectivity index (χ1n) is 7.23. The fourth-order valence-corrected chi connectivity index (χ4v) is 3.17. The van der Waals surface area contributed by atoms with Crippen molar-refractivity contribution in [1.29, 1.82) is 0 Å². The topological polar surface area (TPSA) is 38.7 Å². The molecule has 0 bridgehead atoms. The highest BCUT2D eigenvalue weighted by Crippen LogP contribution is 2.42. The van der Waals surface area contributed by atoms with Gasteiger partial charge in [0.15, 0.2) is 0 Å². The van der Waals surface area contributed by atoms with Crippen LogP contribution in [-0.2, 0) is 16.0 Å². The number of hydrogen-bond acceptors (Lipinski definition) is 3. The second-order valence-electron chi connectivity index (χ2n) is 6.83. The highest BCUT2D eigenvalue weighted by Gasteiger charge is 2.49. The van der Waals surface area contributed by atoms with Gasteiger partial charge >= 0.3 is 5.97 Å². The van der Waals surface area contributed by atoms with Gasteiger partial charge in [-0.25, -0.2) is 4.79 Å². The van der Waals surface area contributed by atoms with Crippen molar-refractivity contribution in [2.45, 2.75) is 38.8 Å². The van der Waals surface area contributed by atoms with Crippen molar-refractivity contribution < 1.29 is 9.53 Å². The normalized spacial score (nSPS) is 26.4. The Hall–Kier alpha value is -1.94. The lowest BCUT2D eigenvalue weighted by atomic mass is 10.1. The van der Waals surface area contributed by atoms with E-state index in [1.54, 1.807) is 6.20 Å². The van der Waals surface area contributed by atoms with Crippen LogP contribution in [-0.4, -0.2) is 30.9 Å². The number of carbonyl (C=O) groups is 1. The summed E-state index contributed by atoms with van der Waals surface area (Å²) in [7, 11) is 2.05. The number of likely N-dealkylation sites (N-methyl/N-ethyl adjacent to an activating group) is 1. The molecule has 3 rings (SSSR count). The number of benzene rings is 1. The predicted octanol–water partition coefficient (Wildman–Crippen LogP) is 2.79. The Morgan fingerprint density at radius 3 is 2.86 bits per heavy atom. The lowest BCUT2D eigenvalue weighted by Crippen LogP contribution is -2.52. The third kappa shape index (κ3) is 2.29. The zero-order valence-electron chi connectivity index (χ0n) is 13.0. The first kappa shape index (κ1) is 14.0. The Morgan fingerprint density at radius 1 is 1.38 bits per heavy atom. The molecule has 4 nitrogen and oxygen atoms in total. The van der Waals surface area contributed by atoms with Crippen LogP contribution in [0.5, 0.6) is 0 Å². The maximum absolute atomic E-state index is 12.6. The number of nitrogens with zero attached hydrogens (tertiary/aromatic N) is 2. The molecule has 0 N–H and O–H groups in total. The van der Waals surface area contributed by atoms with Gasteiger partial charge in [-0.3, -0.25) is 9.48 Å². The van der Waals surface area contributed by atoms with Gasteiger partial charge in [0.2, 0.25) is 6.04 Å². The van der Waals surface area contributed by atoms with Crippen molar-refractivity contribution in [1.82, 2.24) is 4.48 Å². The number of carbonyl (C=O) groups excluding carboxylic acids is 1. The standard InChI is InChI=1S/C17H21N2O2/c1-17(2,3)21-16(20)14-10-12-6-5-7-13-11-18-8-9-19(14,4)15(12)13/h5-9,11,14H,10H2,1-4H3/q+1/t14?,19-/m0/s1. The lowest BCUT2D eigenvalue weighted by Gasteiger charge is -2.32. The molecular weight excluding hydrogens is 264 g/mol.